The SMILES string of the molecule is CCCNc1nc(-c2ccccn2)nc(CC(C)C)c1I. The summed E-state index contributed by atoms with van der Waals surface area (Å²) in [6, 6.07) is 5.82. The molecule has 0 unspecified atom stereocenters. The molecule has 1 N–H and O–H groups in total. The molecule has 0 aliphatic carbocycles. The van der Waals surface area contributed by atoms with E-state index in [4.69, 9.17) is 4.98 Å². The largest absolute Gasteiger partial charge is 0.369 e. The second kappa shape index (κ2) is 7.68. The highest BCUT2D eigenvalue weighted by Crippen LogP contribution is 2.25. The second-order valence-electron chi connectivity index (χ2n) is 5.40. The molecular weight excluding hydrogens is 375 g/mol. The predicted octanol–water partition coefficient (Wildman–Crippen LogP) is 4.16. The van der Waals surface area contributed by atoms with Crippen LogP contribution in [-0.4, -0.2) is 21.5 Å². The van der Waals surface area contributed by atoms with Crippen molar-refractivity contribution in [1.82, 2.24) is 15.0 Å². The van der Waals surface area contributed by atoms with Crippen molar-refractivity contribution in [3.05, 3.63) is 33.7 Å². The topological polar surface area (TPSA) is 50.7 Å². The van der Waals surface area contributed by atoms with Crippen molar-refractivity contribution in [3.63, 3.8) is 0 Å². The number of nitrogens with zero attached hydrogens (tertiary/aromatic N) is 3. The van der Waals surface area contributed by atoms with E-state index in [0.29, 0.717) is 11.7 Å². The first-order valence-electron chi connectivity index (χ1n) is 7.33. The van der Waals surface area contributed by atoms with Crippen LogP contribution in [0.25, 0.3) is 11.5 Å². The molecule has 2 aromatic rings. The minimum Gasteiger partial charge on any atom is -0.369 e. The number of hydrogen-bond donors (Lipinski definition) is 1. The van der Waals surface area contributed by atoms with Crippen LogP contribution < -0.4 is 5.32 Å². The summed E-state index contributed by atoms with van der Waals surface area (Å²) in [6.45, 7) is 7.47. The van der Waals surface area contributed by atoms with Crippen molar-refractivity contribution < 1.29 is 0 Å². The Kier molecular flexibility index (Phi) is 5.90. The van der Waals surface area contributed by atoms with E-state index in [9.17, 15) is 0 Å². The van der Waals surface area contributed by atoms with Gasteiger partial charge in [-0.3, -0.25) is 4.98 Å². The minimum absolute atomic E-state index is 0.559. The third-order valence-corrected chi connectivity index (χ3v) is 4.09. The number of hydrogen-bond acceptors (Lipinski definition) is 4. The van der Waals surface area contributed by atoms with Crippen molar-refractivity contribution in [2.75, 3.05) is 11.9 Å². The molecule has 0 amide bonds. The molecule has 0 saturated carbocycles. The third kappa shape index (κ3) is 4.36. The molecule has 21 heavy (non-hydrogen) atoms. The van der Waals surface area contributed by atoms with Crippen LogP contribution in [0, 0.1) is 9.49 Å². The highest BCUT2D eigenvalue weighted by Gasteiger charge is 2.14. The standard InChI is InChI=1S/C16H21IN4/c1-4-8-19-16-14(17)13(10-11(2)3)20-15(21-16)12-7-5-6-9-18-12/h5-7,9,11H,4,8,10H2,1-3H3,(H,19,20,21). The summed E-state index contributed by atoms with van der Waals surface area (Å²) in [4.78, 5) is 13.8. The summed E-state index contributed by atoms with van der Waals surface area (Å²) in [7, 11) is 0. The number of rotatable bonds is 6. The van der Waals surface area contributed by atoms with Gasteiger partial charge in [-0.1, -0.05) is 26.8 Å². The monoisotopic (exact) mass is 396 g/mol. The van der Waals surface area contributed by atoms with Gasteiger partial charge < -0.3 is 5.32 Å². The number of aromatic nitrogens is 3. The van der Waals surface area contributed by atoms with Gasteiger partial charge in [0.1, 0.15) is 11.5 Å². The fourth-order valence-corrected chi connectivity index (χ4v) is 2.64. The first kappa shape index (κ1) is 16.1. The highest BCUT2D eigenvalue weighted by molar-refractivity contribution is 14.1. The maximum atomic E-state index is 4.73. The van der Waals surface area contributed by atoms with E-state index in [1.807, 2.05) is 18.2 Å². The van der Waals surface area contributed by atoms with E-state index in [1.54, 1.807) is 6.20 Å². The molecule has 0 saturated heterocycles. The smallest absolute Gasteiger partial charge is 0.180 e. The Morgan fingerprint density at radius 3 is 2.67 bits per heavy atom. The van der Waals surface area contributed by atoms with Crippen LogP contribution in [0.15, 0.2) is 24.4 Å². The highest BCUT2D eigenvalue weighted by atomic mass is 127. The second-order valence-corrected chi connectivity index (χ2v) is 6.47. The Hall–Kier alpha value is -1.24. The van der Waals surface area contributed by atoms with Gasteiger partial charge >= 0.3 is 0 Å². The van der Waals surface area contributed by atoms with Gasteiger partial charge in [0, 0.05) is 12.7 Å². The van der Waals surface area contributed by atoms with Crippen LogP contribution in [-0.2, 0) is 6.42 Å². The van der Waals surface area contributed by atoms with Crippen molar-refractivity contribution >= 4 is 28.4 Å². The molecule has 0 aromatic carbocycles. The average Bonchev–Trinajstić information content (AvgIpc) is 2.48. The Balaban J connectivity index is 2.45. The maximum Gasteiger partial charge on any atom is 0.180 e. The van der Waals surface area contributed by atoms with Crippen molar-refractivity contribution in [1.29, 1.82) is 0 Å². The summed E-state index contributed by atoms with van der Waals surface area (Å²) in [5, 5.41) is 3.40. The van der Waals surface area contributed by atoms with Gasteiger partial charge in [0.05, 0.1) is 9.26 Å². The summed E-state index contributed by atoms with van der Waals surface area (Å²) in [6.07, 6.45) is 3.79. The zero-order chi connectivity index (χ0) is 15.2. The van der Waals surface area contributed by atoms with Crippen LogP contribution in [0.1, 0.15) is 32.9 Å². The van der Waals surface area contributed by atoms with Crippen LogP contribution in [0.3, 0.4) is 0 Å². The van der Waals surface area contributed by atoms with Gasteiger partial charge in [0.2, 0.25) is 0 Å². The lowest BCUT2D eigenvalue weighted by Gasteiger charge is -2.13. The molecule has 2 heterocycles. The Bertz CT molecular complexity index is 584. The normalized spacial score (nSPS) is 10.9. The van der Waals surface area contributed by atoms with Gasteiger partial charge in [-0.05, 0) is 53.5 Å². The molecule has 0 radical (unpaired) electrons. The molecule has 0 atom stereocenters. The van der Waals surface area contributed by atoms with Crippen LogP contribution in [0.2, 0.25) is 0 Å². The molecule has 0 bridgehead atoms. The molecule has 5 heteroatoms. The van der Waals surface area contributed by atoms with Crippen molar-refractivity contribution in [2.24, 2.45) is 5.92 Å². The van der Waals surface area contributed by atoms with Gasteiger partial charge in [0.25, 0.3) is 0 Å². The first-order valence-corrected chi connectivity index (χ1v) is 8.41. The maximum absolute atomic E-state index is 4.73. The Labute approximate surface area is 140 Å². The van der Waals surface area contributed by atoms with Crippen LogP contribution in [0.4, 0.5) is 5.82 Å². The predicted molar refractivity (Wildman–Crippen MR) is 95.3 cm³/mol. The first-order chi connectivity index (χ1) is 10.1. The number of nitrogens with one attached hydrogen (secondary N) is 1. The summed E-state index contributed by atoms with van der Waals surface area (Å²) < 4.78 is 1.12. The fourth-order valence-electron chi connectivity index (χ4n) is 1.99. The molecule has 0 spiro atoms. The molecule has 0 fully saturated rings. The van der Waals surface area contributed by atoms with Gasteiger partial charge in [-0.2, -0.15) is 0 Å². The molecule has 4 nitrogen and oxygen atoms in total. The average molecular weight is 396 g/mol. The Morgan fingerprint density at radius 2 is 2.05 bits per heavy atom. The van der Waals surface area contributed by atoms with Crippen LogP contribution >= 0.6 is 22.6 Å². The quantitative estimate of drug-likeness (QED) is 0.745. The number of pyridine rings is 1. The third-order valence-electron chi connectivity index (χ3n) is 2.96. The number of halogens is 1. The molecule has 2 aromatic heterocycles. The minimum atomic E-state index is 0.559. The molecule has 0 aliphatic heterocycles. The molecule has 2 rings (SSSR count). The fraction of sp³-hybridized carbons (Fsp3) is 0.438. The van der Waals surface area contributed by atoms with E-state index in [2.05, 4.69) is 58.6 Å². The molecular formula is C16H21IN4. The summed E-state index contributed by atoms with van der Waals surface area (Å²) >= 11 is 2.34. The molecule has 112 valence electrons. The lowest BCUT2D eigenvalue weighted by molar-refractivity contribution is 0.632. The van der Waals surface area contributed by atoms with E-state index in [0.717, 1.165) is 40.2 Å². The summed E-state index contributed by atoms with van der Waals surface area (Å²) in [5.41, 5.74) is 1.92. The lowest BCUT2D eigenvalue weighted by Crippen LogP contribution is -2.11. The summed E-state index contributed by atoms with van der Waals surface area (Å²) in [5.74, 6) is 2.18. The van der Waals surface area contributed by atoms with Gasteiger partial charge in [-0.25, -0.2) is 9.97 Å². The van der Waals surface area contributed by atoms with Crippen molar-refractivity contribution in [2.45, 2.75) is 33.6 Å². The molecule has 0 aliphatic rings. The van der Waals surface area contributed by atoms with E-state index >= 15 is 0 Å². The van der Waals surface area contributed by atoms with Gasteiger partial charge in [-0.15, -0.1) is 0 Å². The van der Waals surface area contributed by atoms with Gasteiger partial charge in [0.15, 0.2) is 5.82 Å². The van der Waals surface area contributed by atoms with Crippen LogP contribution in [0.5, 0.6) is 0 Å². The zero-order valence-electron chi connectivity index (χ0n) is 12.7. The van der Waals surface area contributed by atoms with E-state index in [-0.39, 0.29) is 0 Å². The van der Waals surface area contributed by atoms with E-state index in [1.165, 1.54) is 0 Å². The Morgan fingerprint density at radius 1 is 1.24 bits per heavy atom. The zero-order valence-corrected chi connectivity index (χ0v) is 14.9. The lowest BCUT2D eigenvalue weighted by atomic mass is 10.1. The van der Waals surface area contributed by atoms with Crippen molar-refractivity contribution in [3.8, 4) is 11.5 Å². The number of anilines is 1. The van der Waals surface area contributed by atoms with E-state index < -0.39 is 0 Å².